The second-order valence-corrected chi connectivity index (χ2v) is 17.8. The van der Waals surface area contributed by atoms with E-state index in [0.29, 0.717) is 0 Å². The number of benzene rings is 7. The number of nitrogens with zero attached hydrogens (tertiary/aromatic N) is 3. The minimum absolute atomic E-state index is 0.0370. The normalized spacial score (nSPS) is 22.6. The fourth-order valence-corrected chi connectivity index (χ4v) is 12.5. The van der Waals surface area contributed by atoms with Crippen LogP contribution in [0, 0.1) is 17.8 Å². The third-order valence-electron chi connectivity index (χ3n) is 14.5. The summed E-state index contributed by atoms with van der Waals surface area (Å²) in [6, 6.07) is 57.2. The molecule has 4 fully saturated rings. The quantitative estimate of drug-likeness (QED) is 0.180. The summed E-state index contributed by atoms with van der Waals surface area (Å²) in [7, 11) is 0. The largest absolute Gasteiger partial charge is 0.457 e. The summed E-state index contributed by atoms with van der Waals surface area (Å²) in [4.78, 5) is 16.2. The van der Waals surface area contributed by atoms with Crippen LogP contribution in [-0.2, 0) is 10.8 Å². The molecule has 4 bridgehead atoms. The number of fused-ring (bicyclic) bond motifs is 10. The van der Waals surface area contributed by atoms with E-state index in [4.69, 9.17) is 19.7 Å². The van der Waals surface area contributed by atoms with Crippen molar-refractivity contribution >= 4 is 10.8 Å². The molecular formula is C54H41N3O. The van der Waals surface area contributed by atoms with Crippen molar-refractivity contribution in [1.82, 2.24) is 15.0 Å². The van der Waals surface area contributed by atoms with Crippen LogP contribution in [0.3, 0.4) is 0 Å². The first-order valence-corrected chi connectivity index (χ1v) is 21.1. The molecule has 4 nitrogen and oxygen atoms in total. The van der Waals surface area contributed by atoms with Gasteiger partial charge in [0.15, 0.2) is 11.6 Å². The van der Waals surface area contributed by atoms with Crippen LogP contribution in [0.15, 0.2) is 158 Å². The van der Waals surface area contributed by atoms with Crippen LogP contribution in [0.25, 0.3) is 55.8 Å². The van der Waals surface area contributed by atoms with Gasteiger partial charge in [-0.3, -0.25) is 0 Å². The molecule has 58 heavy (non-hydrogen) atoms. The molecule has 0 atom stereocenters. The molecule has 5 aliphatic carbocycles. The SMILES string of the molecule is c1cc(-c2ccc3c(c2)C2(c4ccccc4Oc4ccccc42)c2ccccc2-3)cc(-c2nc(-c3ccc4ccccc4c3)nc(C34CC5C[C@H](C3)C[C@H](C5)C4)n2)c1. The predicted molar refractivity (Wildman–Crippen MR) is 231 cm³/mol. The highest BCUT2D eigenvalue weighted by molar-refractivity contribution is 5.91. The smallest absolute Gasteiger partial charge is 0.163 e. The molecular weight excluding hydrogens is 707 g/mol. The molecule has 278 valence electrons. The molecule has 1 spiro atoms. The van der Waals surface area contributed by atoms with Crippen molar-refractivity contribution < 1.29 is 4.74 Å². The lowest BCUT2D eigenvalue weighted by atomic mass is 9.49. The van der Waals surface area contributed by atoms with Crippen molar-refractivity contribution in [2.75, 3.05) is 0 Å². The van der Waals surface area contributed by atoms with Crippen LogP contribution in [0.4, 0.5) is 0 Å². The van der Waals surface area contributed by atoms with E-state index < -0.39 is 5.41 Å². The predicted octanol–water partition coefficient (Wildman–Crippen LogP) is 13.0. The van der Waals surface area contributed by atoms with Gasteiger partial charge in [0.05, 0.1) is 5.41 Å². The lowest BCUT2D eigenvalue weighted by Gasteiger charge is -2.56. The Balaban J connectivity index is 0.978. The molecule has 6 aliphatic rings. The van der Waals surface area contributed by atoms with Crippen LogP contribution < -0.4 is 4.74 Å². The zero-order valence-corrected chi connectivity index (χ0v) is 32.2. The fraction of sp³-hybridized carbons (Fsp3) is 0.204. The summed E-state index contributed by atoms with van der Waals surface area (Å²) in [6.07, 6.45) is 7.76. The second-order valence-electron chi connectivity index (χ2n) is 17.8. The van der Waals surface area contributed by atoms with Gasteiger partial charge in [-0.05, 0) is 131 Å². The van der Waals surface area contributed by atoms with Gasteiger partial charge in [-0.2, -0.15) is 0 Å². The monoisotopic (exact) mass is 747 g/mol. The molecule has 0 N–H and O–H groups in total. The van der Waals surface area contributed by atoms with Gasteiger partial charge < -0.3 is 4.74 Å². The van der Waals surface area contributed by atoms with Crippen LogP contribution in [0.1, 0.15) is 66.6 Å². The number of aromatic nitrogens is 3. The first-order valence-electron chi connectivity index (χ1n) is 21.1. The summed E-state index contributed by atoms with van der Waals surface area (Å²) in [5.41, 5.74) is 11.4. The molecule has 1 aromatic heterocycles. The Bertz CT molecular complexity index is 2920. The van der Waals surface area contributed by atoms with Crippen molar-refractivity contribution in [3.63, 3.8) is 0 Å². The molecule has 0 unspecified atom stereocenters. The van der Waals surface area contributed by atoms with Gasteiger partial charge in [-0.1, -0.05) is 127 Å². The van der Waals surface area contributed by atoms with Crippen LogP contribution >= 0.6 is 0 Å². The Kier molecular flexibility index (Phi) is 6.80. The van der Waals surface area contributed by atoms with E-state index in [0.717, 1.165) is 63.4 Å². The van der Waals surface area contributed by atoms with Crippen molar-refractivity contribution in [2.45, 2.75) is 49.4 Å². The average molecular weight is 748 g/mol. The number of ether oxygens (including phenoxy) is 1. The lowest BCUT2D eigenvalue weighted by molar-refractivity contribution is -0.00938. The van der Waals surface area contributed by atoms with Gasteiger partial charge in [0.25, 0.3) is 0 Å². The molecule has 7 aromatic carbocycles. The molecule has 14 rings (SSSR count). The molecule has 0 amide bonds. The Hall–Kier alpha value is -6.39. The maximum atomic E-state index is 6.60. The topological polar surface area (TPSA) is 47.9 Å². The lowest BCUT2D eigenvalue weighted by Crippen LogP contribution is -2.49. The van der Waals surface area contributed by atoms with Gasteiger partial charge in [-0.25, -0.2) is 15.0 Å². The van der Waals surface area contributed by atoms with Gasteiger partial charge in [0.2, 0.25) is 0 Å². The average Bonchev–Trinajstić information content (AvgIpc) is 3.55. The van der Waals surface area contributed by atoms with Gasteiger partial charge in [-0.15, -0.1) is 0 Å². The highest BCUT2D eigenvalue weighted by Crippen LogP contribution is 2.63. The maximum absolute atomic E-state index is 6.60. The first-order chi connectivity index (χ1) is 28.6. The van der Waals surface area contributed by atoms with Gasteiger partial charge in [0.1, 0.15) is 17.3 Å². The second kappa shape index (κ2) is 12.1. The molecule has 8 aromatic rings. The number of hydrogen-bond donors (Lipinski definition) is 0. The number of rotatable bonds is 4. The van der Waals surface area contributed by atoms with E-state index in [2.05, 4.69) is 158 Å². The molecule has 2 heterocycles. The minimum Gasteiger partial charge on any atom is -0.457 e. The highest BCUT2D eigenvalue weighted by Gasteiger charge is 2.54. The van der Waals surface area contributed by atoms with Crippen molar-refractivity contribution in [1.29, 1.82) is 0 Å². The Morgan fingerprint density at radius 2 is 0.966 bits per heavy atom. The molecule has 0 saturated heterocycles. The highest BCUT2D eigenvalue weighted by atomic mass is 16.5. The zero-order valence-electron chi connectivity index (χ0n) is 32.2. The van der Waals surface area contributed by atoms with Gasteiger partial charge in [0, 0.05) is 27.7 Å². The number of hydrogen-bond acceptors (Lipinski definition) is 4. The Morgan fingerprint density at radius 1 is 0.414 bits per heavy atom. The summed E-state index contributed by atoms with van der Waals surface area (Å²) in [6.45, 7) is 0. The third-order valence-corrected chi connectivity index (χ3v) is 14.5. The van der Waals surface area contributed by atoms with Crippen LogP contribution in [0.2, 0.25) is 0 Å². The Labute approximate surface area is 338 Å². The fourth-order valence-electron chi connectivity index (χ4n) is 12.5. The van der Waals surface area contributed by atoms with Crippen molar-refractivity contribution in [3.8, 4) is 56.5 Å². The van der Waals surface area contributed by atoms with E-state index in [1.54, 1.807) is 0 Å². The summed E-state index contributed by atoms with van der Waals surface area (Å²) >= 11 is 0. The van der Waals surface area contributed by atoms with E-state index in [1.165, 1.54) is 88.2 Å². The number of para-hydroxylation sites is 2. The third kappa shape index (κ3) is 4.66. The van der Waals surface area contributed by atoms with Gasteiger partial charge >= 0.3 is 0 Å². The first kappa shape index (κ1) is 32.7. The summed E-state index contributed by atoms with van der Waals surface area (Å²) in [5.74, 6) is 6.75. The minimum atomic E-state index is -0.513. The molecule has 4 heteroatoms. The summed E-state index contributed by atoms with van der Waals surface area (Å²) in [5, 5.41) is 2.42. The molecule has 1 aliphatic heterocycles. The van der Waals surface area contributed by atoms with E-state index >= 15 is 0 Å². The van der Waals surface area contributed by atoms with Crippen molar-refractivity contribution in [2.24, 2.45) is 17.8 Å². The molecule has 4 saturated carbocycles. The van der Waals surface area contributed by atoms with E-state index in [1.807, 2.05) is 0 Å². The van der Waals surface area contributed by atoms with Crippen molar-refractivity contribution in [3.05, 3.63) is 186 Å². The molecule has 0 radical (unpaired) electrons. The van der Waals surface area contributed by atoms with Crippen LogP contribution in [-0.4, -0.2) is 15.0 Å². The zero-order chi connectivity index (χ0) is 38.0. The maximum Gasteiger partial charge on any atom is 0.163 e. The van der Waals surface area contributed by atoms with E-state index in [-0.39, 0.29) is 5.41 Å². The summed E-state index contributed by atoms with van der Waals surface area (Å²) < 4.78 is 6.60. The Morgan fingerprint density at radius 3 is 1.69 bits per heavy atom. The standard InChI is InChI=1S/C54H41N3O/c1-2-11-37-27-41(21-20-36(37)10-1)51-55-50(56-52(57-51)53-30-33-24-34(31-53)26-35(25-33)32-53)40-13-9-12-38(28-40)39-22-23-43-42-14-3-4-15-44(42)54(47(43)29-39)45-16-5-7-18-48(45)58-49-19-8-6-17-46(49)54/h1-23,27-29,33-35H,24-26,30-32H2/t33-,34-,35?,53?/m1/s1. The van der Waals surface area contributed by atoms with Crippen LogP contribution in [0.5, 0.6) is 11.5 Å². The van der Waals surface area contributed by atoms with E-state index in [9.17, 15) is 0 Å².